The van der Waals surface area contributed by atoms with E-state index in [0.29, 0.717) is 34.7 Å². The van der Waals surface area contributed by atoms with Crippen LogP contribution in [0, 0.1) is 11.7 Å². The first-order valence-corrected chi connectivity index (χ1v) is 17.8. The van der Waals surface area contributed by atoms with Crippen LogP contribution in [0.1, 0.15) is 48.6 Å². The van der Waals surface area contributed by atoms with Gasteiger partial charge in [-0.2, -0.15) is 0 Å². The van der Waals surface area contributed by atoms with Crippen LogP contribution in [0.15, 0.2) is 48.8 Å². The maximum atomic E-state index is 16.5. The molecule has 1 aliphatic carbocycles. The molecule has 4 aromatic rings. The van der Waals surface area contributed by atoms with Crippen LogP contribution in [-0.2, 0) is 28.7 Å². The molecule has 7 nitrogen and oxygen atoms in total. The highest BCUT2D eigenvalue weighted by Gasteiger charge is 2.48. The van der Waals surface area contributed by atoms with Gasteiger partial charge < -0.3 is 18.6 Å². The van der Waals surface area contributed by atoms with Crippen LogP contribution in [0.25, 0.3) is 22.0 Å². The van der Waals surface area contributed by atoms with Gasteiger partial charge in [-0.3, -0.25) is 0 Å². The van der Waals surface area contributed by atoms with E-state index in [9.17, 15) is 4.79 Å². The van der Waals surface area contributed by atoms with Crippen molar-refractivity contribution in [2.75, 3.05) is 13.2 Å². The average Bonchev–Trinajstić information content (AvgIpc) is 3.48. The fraction of sp³-hybridized carbons (Fsp3) is 0.452. The van der Waals surface area contributed by atoms with Crippen LogP contribution in [0.2, 0.25) is 25.7 Å². The molecule has 0 spiro atoms. The summed E-state index contributed by atoms with van der Waals surface area (Å²) >= 11 is 0. The number of ether oxygens (including phenoxy) is 2. The molecule has 1 aliphatic rings. The monoisotopic (exact) mass is 562 g/mol. The number of fused-ring (bicyclic) bond motifs is 1. The van der Waals surface area contributed by atoms with E-state index in [-0.39, 0.29) is 24.6 Å². The zero-order valence-electron chi connectivity index (χ0n) is 24.3. The van der Waals surface area contributed by atoms with Crippen molar-refractivity contribution in [2.45, 2.75) is 64.5 Å². The fourth-order valence-corrected chi connectivity index (χ4v) is 6.72. The molecule has 2 aromatic carbocycles. The van der Waals surface area contributed by atoms with Crippen LogP contribution in [0.3, 0.4) is 0 Å². The van der Waals surface area contributed by atoms with Gasteiger partial charge in [0.15, 0.2) is 5.82 Å². The van der Waals surface area contributed by atoms with Gasteiger partial charge in [-0.25, -0.2) is 9.18 Å². The zero-order chi connectivity index (χ0) is 28.7. The van der Waals surface area contributed by atoms with Crippen molar-refractivity contribution in [3.63, 3.8) is 0 Å². The average molecular weight is 563 g/mol. The Hall–Kier alpha value is -3.30. The number of aromatic nitrogens is 4. The molecule has 0 radical (unpaired) electrons. The van der Waals surface area contributed by atoms with Crippen molar-refractivity contribution in [3.05, 3.63) is 71.7 Å². The van der Waals surface area contributed by atoms with Gasteiger partial charge in [0.05, 0.1) is 17.5 Å². The molecule has 40 heavy (non-hydrogen) atoms. The summed E-state index contributed by atoms with van der Waals surface area (Å²) in [4.78, 5) is 12.8. The molecule has 0 aliphatic heterocycles. The smallest absolute Gasteiger partial charge is 0.355 e. The van der Waals surface area contributed by atoms with Crippen LogP contribution in [0.5, 0.6) is 0 Å². The third-order valence-electron chi connectivity index (χ3n) is 7.96. The lowest BCUT2D eigenvalue weighted by atomic mass is 9.58. The molecule has 1 saturated carbocycles. The normalized spacial score (nSPS) is 19.1. The van der Waals surface area contributed by atoms with Crippen LogP contribution in [-0.4, -0.2) is 46.6 Å². The quantitative estimate of drug-likeness (QED) is 0.121. The Bertz CT molecular complexity index is 1530. The molecule has 5 rings (SSSR count). The van der Waals surface area contributed by atoms with E-state index >= 15 is 4.39 Å². The van der Waals surface area contributed by atoms with E-state index in [4.69, 9.17) is 9.47 Å². The fourth-order valence-electron chi connectivity index (χ4n) is 5.96. The maximum Gasteiger partial charge on any atom is 0.355 e. The van der Waals surface area contributed by atoms with E-state index in [1.807, 2.05) is 29.8 Å². The van der Waals surface area contributed by atoms with Crippen molar-refractivity contribution >= 4 is 24.9 Å². The Balaban J connectivity index is 1.56. The molecule has 0 unspecified atom stereocenters. The van der Waals surface area contributed by atoms with Crippen molar-refractivity contribution < 1.29 is 18.7 Å². The maximum absolute atomic E-state index is 16.5. The molecular weight excluding hydrogens is 523 g/mol. The molecule has 0 bridgehead atoms. The predicted octanol–water partition coefficient (Wildman–Crippen LogP) is 6.78. The second-order valence-electron chi connectivity index (χ2n) is 12.3. The highest BCUT2D eigenvalue weighted by molar-refractivity contribution is 6.76. The van der Waals surface area contributed by atoms with E-state index in [1.165, 1.54) is 0 Å². The van der Waals surface area contributed by atoms with Crippen molar-refractivity contribution in [1.29, 1.82) is 0 Å². The van der Waals surface area contributed by atoms with Gasteiger partial charge >= 0.3 is 5.97 Å². The second kappa shape index (κ2) is 10.9. The Morgan fingerprint density at radius 1 is 1.18 bits per heavy atom. The number of carbonyl (C=O) groups excluding carboxylic acids is 1. The number of aryl methyl sites for hydroxylation is 1. The molecule has 0 saturated heterocycles. The summed E-state index contributed by atoms with van der Waals surface area (Å²) in [7, 11) is 0.668. The third-order valence-corrected chi connectivity index (χ3v) is 9.67. The zero-order valence-corrected chi connectivity index (χ0v) is 25.3. The van der Waals surface area contributed by atoms with Gasteiger partial charge in [0.25, 0.3) is 0 Å². The number of nitrogens with zero attached hydrogens (tertiary/aromatic N) is 4. The summed E-state index contributed by atoms with van der Waals surface area (Å²) in [6.45, 7) is 11.7. The second-order valence-corrected chi connectivity index (χ2v) is 18.0. The van der Waals surface area contributed by atoms with Gasteiger partial charge in [-0.05, 0) is 48.9 Å². The SMILES string of the molecule is CCOC(=O)c1cc2ccc(-c3cccc(C4(c5nncn5C)CC(C)C4)c3)c(F)c2n1COCC[Si](C)(C)C. The Labute approximate surface area is 236 Å². The first-order valence-electron chi connectivity index (χ1n) is 14.1. The Morgan fingerprint density at radius 3 is 2.60 bits per heavy atom. The summed E-state index contributed by atoms with van der Waals surface area (Å²) < 4.78 is 31.3. The van der Waals surface area contributed by atoms with Crippen LogP contribution in [0.4, 0.5) is 4.39 Å². The molecular formula is C31H39FN4O3Si. The van der Waals surface area contributed by atoms with E-state index < -0.39 is 14.0 Å². The molecule has 9 heteroatoms. The Kier molecular flexibility index (Phi) is 7.72. The summed E-state index contributed by atoms with van der Waals surface area (Å²) in [6.07, 6.45) is 3.66. The van der Waals surface area contributed by atoms with E-state index in [0.717, 1.165) is 35.8 Å². The van der Waals surface area contributed by atoms with Crippen molar-refractivity contribution in [2.24, 2.45) is 13.0 Å². The van der Waals surface area contributed by atoms with E-state index in [1.54, 1.807) is 30.0 Å². The van der Waals surface area contributed by atoms with Crippen LogP contribution >= 0.6 is 0 Å². The number of halogens is 1. The molecule has 1 fully saturated rings. The van der Waals surface area contributed by atoms with Gasteiger partial charge in [-0.1, -0.05) is 63.0 Å². The summed E-state index contributed by atoms with van der Waals surface area (Å²) in [5.74, 6) is 0.634. The van der Waals surface area contributed by atoms with Gasteiger partial charge in [-0.15, -0.1) is 10.2 Å². The number of esters is 1. The minimum Gasteiger partial charge on any atom is -0.461 e. The third kappa shape index (κ3) is 5.24. The molecule has 2 aromatic heterocycles. The Morgan fingerprint density at radius 2 is 1.95 bits per heavy atom. The predicted molar refractivity (Wildman–Crippen MR) is 158 cm³/mol. The first-order chi connectivity index (χ1) is 19.0. The van der Waals surface area contributed by atoms with Gasteiger partial charge in [0.2, 0.25) is 0 Å². The number of benzene rings is 2. The lowest BCUT2D eigenvalue weighted by Crippen LogP contribution is -2.43. The lowest BCUT2D eigenvalue weighted by molar-refractivity contribution is 0.0477. The number of rotatable bonds is 10. The topological polar surface area (TPSA) is 71.2 Å². The number of carbonyl (C=O) groups is 1. The first kappa shape index (κ1) is 28.2. The minimum atomic E-state index is -1.30. The highest BCUT2D eigenvalue weighted by Crippen LogP contribution is 2.52. The number of hydrogen-bond donors (Lipinski definition) is 0. The molecule has 2 heterocycles. The minimum absolute atomic E-state index is 0.0791. The highest BCUT2D eigenvalue weighted by atomic mass is 28.3. The van der Waals surface area contributed by atoms with Gasteiger partial charge in [0.1, 0.15) is 24.6 Å². The number of hydrogen-bond acceptors (Lipinski definition) is 5. The van der Waals surface area contributed by atoms with Crippen LogP contribution < -0.4 is 0 Å². The molecule has 0 N–H and O–H groups in total. The molecule has 0 atom stereocenters. The standard InChI is InChI=1S/C31H39FN4O3Si/c1-7-39-29(37)26-16-23-11-12-25(27(32)28(23)36(26)20-38-13-14-40(4,5)6)22-9-8-10-24(15-22)31(17-21(2)18-31)30-34-33-19-35(30)3/h8-12,15-16,19,21H,7,13-14,17-18,20H2,1-6H3. The van der Waals surface area contributed by atoms with Crippen molar-refractivity contribution in [3.8, 4) is 11.1 Å². The van der Waals surface area contributed by atoms with Gasteiger partial charge in [0, 0.05) is 32.7 Å². The molecule has 212 valence electrons. The summed E-state index contributed by atoms with van der Waals surface area (Å²) in [5, 5.41) is 9.23. The molecule has 0 amide bonds. The lowest BCUT2D eigenvalue weighted by Gasteiger charge is -2.46. The van der Waals surface area contributed by atoms with E-state index in [2.05, 4.69) is 48.9 Å². The summed E-state index contributed by atoms with van der Waals surface area (Å²) in [5.41, 5.74) is 2.76. The summed E-state index contributed by atoms with van der Waals surface area (Å²) in [6, 6.07) is 14.4. The van der Waals surface area contributed by atoms with Crippen molar-refractivity contribution in [1.82, 2.24) is 19.3 Å². The largest absolute Gasteiger partial charge is 0.461 e.